The fourth-order valence-corrected chi connectivity index (χ4v) is 5.96. The van der Waals surface area contributed by atoms with Gasteiger partial charge in [0, 0.05) is 49.8 Å². The molecule has 210 valence electrons. The lowest BCUT2D eigenvalue weighted by molar-refractivity contribution is -0.158. The number of alkyl halides is 3. The molecule has 2 aromatic carbocycles. The second-order valence-corrected chi connectivity index (χ2v) is 11.4. The van der Waals surface area contributed by atoms with E-state index in [1.165, 1.54) is 11.0 Å². The minimum atomic E-state index is -4.65. The van der Waals surface area contributed by atoms with Crippen LogP contribution in [-0.2, 0) is 47.7 Å². The summed E-state index contributed by atoms with van der Waals surface area (Å²) in [6.45, 7) is 2.92. The predicted molar refractivity (Wildman–Crippen MR) is 137 cm³/mol. The average Bonchev–Trinajstić information content (AvgIpc) is 3.41. The van der Waals surface area contributed by atoms with Crippen molar-refractivity contribution in [3.63, 3.8) is 0 Å². The molecule has 12 heteroatoms. The summed E-state index contributed by atoms with van der Waals surface area (Å²) in [6, 6.07) is 9.92. The highest BCUT2D eigenvalue weighted by molar-refractivity contribution is 6.10. The molecule has 1 amide bonds. The van der Waals surface area contributed by atoms with E-state index in [0.29, 0.717) is 30.9 Å². The first kappa shape index (κ1) is 26.5. The summed E-state index contributed by atoms with van der Waals surface area (Å²) in [5.41, 5.74) is -0.396. The maximum Gasteiger partial charge on any atom is 0.416 e. The van der Waals surface area contributed by atoms with Crippen LogP contribution in [0.15, 0.2) is 42.7 Å². The van der Waals surface area contributed by atoms with E-state index in [9.17, 15) is 27.9 Å². The van der Waals surface area contributed by atoms with Gasteiger partial charge in [0.1, 0.15) is 12.2 Å². The van der Waals surface area contributed by atoms with Crippen LogP contribution in [0.2, 0.25) is 0 Å². The number of aromatic nitrogens is 3. The molecule has 0 aliphatic carbocycles. The van der Waals surface area contributed by atoms with Gasteiger partial charge in [-0.25, -0.2) is 0 Å². The standard InChI is InChI=1S/C28H28F3N5O4/c1-26(25(38)39)12-35(13-26)10-17-6-20-21(22(7-17)28(29,30)31)11-36(24(20)37)19-5-3-4-18(8-19)27(14-40-15-27)9-23-33-32-16-34(23)2/h3-8,16H,9-15H2,1-2H3,(H,38,39). The molecule has 2 fully saturated rings. The Morgan fingerprint density at radius 1 is 1.18 bits per heavy atom. The van der Waals surface area contributed by atoms with E-state index in [0.717, 1.165) is 17.5 Å². The summed E-state index contributed by atoms with van der Waals surface area (Å²) in [6.07, 6.45) is -2.45. The number of ether oxygens (including phenoxy) is 1. The van der Waals surface area contributed by atoms with E-state index >= 15 is 0 Å². The number of amides is 1. The van der Waals surface area contributed by atoms with E-state index in [4.69, 9.17) is 4.74 Å². The molecule has 3 aliphatic heterocycles. The molecule has 3 aromatic rings. The van der Waals surface area contributed by atoms with Gasteiger partial charge in [-0.3, -0.25) is 14.5 Å². The van der Waals surface area contributed by atoms with Crippen molar-refractivity contribution in [2.75, 3.05) is 31.2 Å². The van der Waals surface area contributed by atoms with Gasteiger partial charge in [-0.15, -0.1) is 10.2 Å². The third kappa shape index (κ3) is 4.35. The van der Waals surface area contributed by atoms with Crippen LogP contribution in [0.4, 0.5) is 18.9 Å². The summed E-state index contributed by atoms with van der Waals surface area (Å²) in [7, 11) is 1.86. The third-order valence-electron chi connectivity index (χ3n) is 8.30. The van der Waals surface area contributed by atoms with Crippen LogP contribution in [0.1, 0.15) is 45.4 Å². The van der Waals surface area contributed by atoms with Gasteiger partial charge in [-0.1, -0.05) is 12.1 Å². The number of carbonyl (C=O) groups is 2. The molecule has 1 N–H and O–H groups in total. The van der Waals surface area contributed by atoms with E-state index in [2.05, 4.69) is 10.2 Å². The number of carboxylic acids is 1. The lowest BCUT2D eigenvalue weighted by atomic mass is 9.75. The molecule has 0 saturated carbocycles. The van der Waals surface area contributed by atoms with Gasteiger partial charge in [0.15, 0.2) is 0 Å². The number of hydrogen-bond acceptors (Lipinski definition) is 6. The number of fused-ring (bicyclic) bond motifs is 1. The normalized spacial score (nSPS) is 19.7. The molecule has 0 spiro atoms. The number of aliphatic carboxylic acids is 1. The number of hydrogen-bond donors (Lipinski definition) is 1. The Balaban J connectivity index is 1.29. The van der Waals surface area contributed by atoms with Crippen LogP contribution in [0.25, 0.3) is 0 Å². The second-order valence-electron chi connectivity index (χ2n) is 11.4. The Hall–Kier alpha value is -3.77. The zero-order valence-electron chi connectivity index (χ0n) is 22.0. The number of likely N-dealkylation sites (tertiary alicyclic amines) is 1. The van der Waals surface area contributed by atoms with Gasteiger partial charge in [0.2, 0.25) is 0 Å². The first-order chi connectivity index (χ1) is 18.9. The fraction of sp³-hybridized carbons (Fsp3) is 0.429. The Morgan fingerprint density at radius 2 is 1.93 bits per heavy atom. The van der Waals surface area contributed by atoms with Crippen LogP contribution < -0.4 is 4.90 Å². The van der Waals surface area contributed by atoms with E-state index < -0.39 is 29.0 Å². The van der Waals surface area contributed by atoms with Crippen molar-refractivity contribution in [1.29, 1.82) is 0 Å². The van der Waals surface area contributed by atoms with Crippen molar-refractivity contribution in [3.05, 3.63) is 76.4 Å². The highest BCUT2D eigenvalue weighted by Crippen LogP contribution is 2.42. The minimum absolute atomic E-state index is 0.0255. The number of nitrogens with zero attached hydrogens (tertiary/aromatic N) is 5. The highest BCUT2D eigenvalue weighted by Gasteiger charge is 2.46. The number of benzene rings is 2. The van der Waals surface area contributed by atoms with Gasteiger partial charge in [-0.05, 0) is 47.9 Å². The summed E-state index contributed by atoms with van der Waals surface area (Å²) in [4.78, 5) is 28.1. The number of carboxylic acid groups (broad SMARTS) is 1. The molecule has 9 nitrogen and oxygen atoms in total. The first-order valence-electron chi connectivity index (χ1n) is 12.9. The number of halogens is 3. The SMILES string of the molecule is Cn1cnnc1CC1(c2cccc(N3Cc4c(cc(CN5CC(C)(C(=O)O)C5)cc4C(F)(F)F)C3=O)c2)COC1. The van der Waals surface area contributed by atoms with Gasteiger partial charge >= 0.3 is 12.1 Å². The summed E-state index contributed by atoms with van der Waals surface area (Å²) < 4.78 is 49.9. The Labute approximate surface area is 228 Å². The van der Waals surface area contributed by atoms with Crippen LogP contribution in [0.3, 0.4) is 0 Å². The topological polar surface area (TPSA) is 101 Å². The number of aryl methyl sites for hydroxylation is 1. The van der Waals surface area contributed by atoms with E-state index in [-0.39, 0.29) is 42.7 Å². The highest BCUT2D eigenvalue weighted by atomic mass is 19.4. The van der Waals surface area contributed by atoms with Crippen molar-refractivity contribution < 1.29 is 32.6 Å². The monoisotopic (exact) mass is 555 g/mol. The largest absolute Gasteiger partial charge is 0.481 e. The van der Waals surface area contributed by atoms with Crippen molar-refractivity contribution >= 4 is 17.6 Å². The van der Waals surface area contributed by atoms with Crippen molar-refractivity contribution in [2.45, 2.75) is 38.0 Å². The molecule has 2 saturated heterocycles. The van der Waals surface area contributed by atoms with Gasteiger partial charge in [0.05, 0.1) is 30.7 Å². The molecule has 6 rings (SSSR count). The zero-order chi connectivity index (χ0) is 28.4. The Kier molecular flexibility index (Phi) is 6.04. The molecule has 0 atom stereocenters. The molecule has 1 aromatic heterocycles. The number of rotatable bonds is 7. The first-order valence-corrected chi connectivity index (χ1v) is 12.9. The second kappa shape index (κ2) is 9.13. The van der Waals surface area contributed by atoms with Crippen LogP contribution in [0.5, 0.6) is 0 Å². The molecule has 0 radical (unpaired) electrons. The van der Waals surface area contributed by atoms with Gasteiger partial charge in [0.25, 0.3) is 5.91 Å². The van der Waals surface area contributed by atoms with Crippen LogP contribution in [-0.4, -0.2) is 63.0 Å². The smallest absolute Gasteiger partial charge is 0.416 e. The van der Waals surface area contributed by atoms with Crippen LogP contribution in [0, 0.1) is 5.41 Å². The van der Waals surface area contributed by atoms with Crippen molar-refractivity contribution in [3.8, 4) is 0 Å². The van der Waals surface area contributed by atoms with Gasteiger partial charge in [-0.2, -0.15) is 13.2 Å². The number of carbonyl (C=O) groups excluding carboxylic acids is 1. The zero-order valence-corrected chi connectivity index (χ0v) is 22.0. The summed E-state index contributed by atoms with van der Waals surface area (Å²) in [5.74, 6) is -0.647. The Bertz CT molecular complexity index is 1510. The molecule has 0 bridgehead atoms. The maximum absolute atomic E-state index is 14.2. The quantitative estimate of drug-likeness (QED) is 0.477. The number of anilines is 1. The lowest BCUT2D eigenvalue weighted by Gasteiger charge is -2.45. The van der Waals surface area contributed by atoms with E-state index in [1.54, 1.807) is 30.3 Å². The average molecular weight is 556 g/mol. The lowest BCUT2D eigenvalue weighted by Crippen LogP contribution is -2.58. The maximum atomic E-state index is 14.2. The molecule has 0 unspecified atom stereocenters. The molecule has 3 aliphatic rings. The summed E-state index contributed by atoms with van der Waals surface area (Å²) in [5, 5.41) is 17.5. The summed E-state index contributed by atoms with van der Waals surface area (Å²) >= 11 is 0. The minimum Gasteiger partial charge on any atom is -0.481 e. The molecular weight excluding hydrogens is 527 g/mol. The van der Waals surface area contributed by atoms with Crippen LogP contribution >= 0.6 is 0 Å². The van der Waals surface area contributed by atoms with Crippen molar-refractivity contribution in [1.82, 2.24) is 19.7 Å². The molecular formula is C28H28F3N5O4. The van der Waals surface area contributed by atoms with E-state index in [1.807, 2.05) is 23.7 Å². The third-order valence-corrected chi connectivity index (χ3v) is 8.30. The fourth-order valence-electron chi connectivity index (χ4n) is 5.96. The molecule has 4 heterocycles. The predicted octanol–water partition coefficient (Wildman–Crippen LogP) is 3.41. The van der Waals surface area contributed by atoms with Crippen molar-refractivity contribution in [2.24, 2.45) is 12.5 Å². The molecule has 40 heavy (non-hydrogen) atoms. The van der Waals surface area contributed by atoms with Gasteiger partial charge < -0.3 is 19.3 Å². The Morgan fingerprint density at radius 3 is 2.52 bits per heavy atom.